The van der Waals surface area contributed by atoms with Crippen LogP contribution in [0.15, 0.2) is 64.5 Å². The summed E-state index contributed by atoms with van der Waals surface area (Å²) in [6, 6.07) is 12.2. The Labute approximate surface area is 172 Å². The number of nitrogens with one attached hydrogen (secondary N) is 1. The van der Waals surface area contributed by atoms with Crippen LogP contribution in [0.1, 0.15) is 6.92 Å². The molecule has 0 atom stereocenters. The van der Waals surface area contributed by atoms with Gasteiger partial charge in [-0.3, -0.25) is 4.72 Å². The minimum absolute atomic E-state index is 0.0743. The highest BCUT2D eigenvalue weighted by atomic mass is 35.5. The van der Waals surface area contributed by atoms with Crippen molar-refractivity contribution in [3.05, 3.63) is 65.4 Å². The molecule has 0 aliphatic carbocycles. The van der Waals surface area contributed by atoms with E-state index in [2.05, 4.69) is 14.9 Å². The quantitative estimate of drug-likeness (QED) is 0.609. The molecule has 0 bridgehead atoms. The maximum Gasteiger partial charge on any atom is 0.261 e. The van der Waals surface area contributed by atoms with E-state index in [4.69, 9.17) is 11.6 Å². The number of benzene rings is 2. The van der Waals surface area contributed by atoms with Gasteiger partial charge in [-0.2, -0.15) is 0 Å². The lowest BCUT2D eigenvalue weighted by atomic mass is 10.1. The van der Waals surface area contributed by atoms with Crippen LogP contribution < -0.4 is 4.72 Å². The van der Waals surface area contributed by atoms with E-state index in [1.165, 1.54) is 31.2 Å². The molecule has 0 radical (unpaired) electrons. The van der Waals surface area contributed by atoms with Gasteiger partial charge in [-0.25, -0.2) is 21.2 Å². The molecule has 1 aromatic heterocycles. The monoisotopic (exact) mass is 455 g/mol. The molecular formula is C18H15ClFN3O4S2. The topological polar surface area (TPSA) is 106 Å². The molecular weight excluding hydrogens is 441 g/mol. The third kappa shape index (κ3) is 4.72. The third-order valence-corrected chi connectivity index (χ3v) is 7.26. The highest BCUT2D eigenvalue weighted by molar-refractivity contribution is 7.92. The Bertz CT molecular complexity index is 1250. The van der Waals surface area contributed by atoms with Crippen molar-refractivity contribution in [3.63, 3.8) is 0 Å². The van der Waals surface area contributed by atoms with Crippen LogP contribution in [0.3, 0.4) is 0 Å². The van der Waals surface area contributed by atoms with Crippen molar-refractivity contribution in [1.29, 1.82) is 0 Å². The molecule has 0 saturated carbocycles. The lowest BCUT2D eigenvalue weighted by molar-refractivity contribution is 0.591. The number of hydrogen-bond acceptors (Lipinski definition) is 6. The van der Waals surface area contributed by atoms with E-state index in [1.807, 2.05) is 0 Å². The number of halogens is 2. The van der Waals surface area contributed by atoms with Gasteiger partial charge in [-0.05, 0) is 42.5 Å². The van der Waals surface area contributed by atoms with Crippen LogP contribution in [0.4, 0.5) is 10.1 Å². The number of nitrogens with zero attached hydrogens (tertiary/aromatic N) is 2. The maximum atomic E-state index is 13.2. The van der Waals surface area contributed by atoms with Gasteiger partial charge in [-0.1, -0.05) is 30.7 Å². The summed E-state index contributed by atoms with van der Waals surface area (Å²) in [4.78, 5) is -0.174. The Balaban J connectivity index is 1.80. The summed E-state index contributed by atoms with van der Waals surface area (Å²) in [6.07, 6.45) is 0. The van der Waals surface area contributed by atoms with Crippen molar-refractivity contribution in [2.24, 2.45) is 0 Å². The van der Waals surface area contributed by atoms with Gasteiger partial charge in [0.2, 0.25) is 0 Å². The van der Waals surface area contributed by atoms with Crippen molar-refractivity contribution in [3.8, 4) is 11.3 Å². The zero-order valence-electron chi connectivity index (χ0n) is 15.0. The van der Waals surface area contributed by atoms with Crippen LogP contribution >= 0.6 is 11.6 Å². The number of sulfone groups is 1. The van der Waals surface area contributed by atoms with E-state index in [-0.39, 0.29) is 26.4 Å². The molecule has 0 fully saturated rings. The molecule has 1 N–H and O–H groups in total. The Kier molecular flexibility index (Phi) is 5.87. The summed E-state index contributed by atoms with van der Waals surface area (Å²) in [6.45, 7) is 1.52. The summed E-state index contributed by atoms with van der Waals surface area (Å²) < 4.78 is 64.0. The largest absolute Gasteiger partial charge is 0.280 e. The van der Waals surface area contributed by atoms with Crippen LogP contribution in [0.25, 0.3) is 11.3 Å². The third-order valence-electron chi connectivity index (χ3n) is 3.97. The zero-order valence-corrected chi connectivity index (χ0v) is 17.4. The minimum atomic E-state index is -3.95. The molecule has 2 aromatic carbocycles. The average molecular weight is 456 g/mol. The number of sulfonamides is 1. The van der Waals surface area contributed by atoms with E-state index in [0.29, 0.717) is 11.3 Å². The van der Waals surface area contributed by atoms with E-state index in [0.717, 1.165) is 18.2 Å². The van der Waals surface area contributed by atoms with Crippen LogP contribution in [-0.4, -0.2) is 32.8 Å². The molecule has 7 nitrogen and oxygen atoms in total. The second-order valence-corrected chi connectivity index (χ2v) is 10.2. The first-order chi connectivity index (χ1) is 13.6. The lowest BCUT2D eigenvalue weighted by Crippen LogP contribution is -2.13. The molecule has 0 spiro atoms. The SMILES string of the molecule is CCS(=O)(=O)c1ccc(-c2ccc(NS(=O)(=O)c3ccc(F)c(Cl)c3)cc2)nn1. The summed E-state index contributed by atoms with van der Waals surface area (Å²) in [5, 5.41) is 7.26. The number of rotatable bonds is 6. The summed E-state index contributed by atoms with van der Waals surface area (Å²) >= 11 is 5.64. The van der Waals surface area contributed by atoms with E-state index < -0.39 is 25.7 Å². The Morgan fingerprint density at radius 2 is 1.66 bits per heavy atom. The fraction of sp³-hybridized carbons (Fsp3) is 0.111. The van der Waals surface area contributed by atoms with Gasteiger partial charge in [0.25, 0.3) is 10.0 Å². The van der Waals surface area contributed by atoms with Crippen LogP contribution in [0.5, 0.6) is 0 Å². The van der Waals surface area contributed by atoms with Gasteiger partial charge in [0, 0.05) is 11.3 Å². The van der Waals surface area contributed by atoms with Crippen molar-refractivity contribution in [2.75, 3.05) is 10.5 Å². The molecule has 0 unspecified atom stereocenters. The summed E-state index contributed by atoms with van der Waals surface area (Å²) in [7, 11) is -7.39. The predicted molar refractivity (Wildman–Crippen MR) is 107 cm³/mol. The number of hydrogen-bond donors (Lipinski definition) is 1. The van der Waals surface area contributed by atoms with Gasteiger partial charge >= 0.3 is 0 Å². The van der Waals surface area contributed by atoms with E-state index in [1.54, 1.807) is 12.1 Å². The molecule has 1 heterocycles. The molecule has 3 aromatic rings. The normalized spacial score (nSPS) is 12.0. The molecule has 0 aliphatic rings. The van der Waals surface area contributed by atoms with Gasteiger partial charge in [0.15, 0.2) is 14.9 Å². The minimum Gasteiger partial charge on any atom is -0.280 e. The predicted octanol–water partition coefficient (Wildman–Crippen LogP) is 3.53. The fourth-order valence-electron chi connectivity index (χ4n) is 2.35. The molecule has 152 valence electrons. The molecule has 0 amide bonds. The molecule has 0 saturated heterocycles. The lowest BCUT2D eigenvalue weighted by Gasteiger charge is -2.09. The standard InChI is InChI=1S/C18H15ClFN3O4S2/c1-2-28(24,25)18-10-9-17(21-22-18)12-3-5-13(6-4-12)23-29(26,27)14-7-8-16(20)15(19)11-14/h3-11,23H,2H2,1H3. The van der Waals surface area contributed by atoms with Crippen molar-refractivity contribution in [2.45, 2.75) is 16.8 Å². The molecule has 11 heteroatoms. The van der Waals surface area contributed by atoms with Crippen molar-refractivity contribution < 1.29 is 21.2 Å². The number of anilines is 1. The fourth-order valence-corrected chi connectivity index (χ4v) is 4.42. The Hall–Kier alpha value is -2.56. The highest BCUT2D eigenvalue weighted by Crippen LogP contribution is 2.24. The molecule has 29 heavy (non-hydrogen) atoms. The smallest absolute Gasteiger partial charge is 0.261 e. The Morgan fingerprint density at radius 3 is 2.21 bits per heavy atom. The molecule has 3 rings (SSSR count). The summed E-state index contributed by atoms with van der Waals surface area (Å²) in [5.41, 5.74) is 1.32. The first-order valence-corrected chi connectivity index (χ1v) is 11.8. The van der Waals surface area contributed by atoms with Crippen molar-refractivity contribution in [1.82, 2.24) is 10.2 Å². The van der Waals surface area contributed by atoms with E-state index >= 15 is 0 Å². The first-order valence-electron chi connectivity index (χ1n) is 8.27. The highest BCUT2D eigenvalue weighted by Gasteiger charge is 2.17. The second kappa shape index (κ2) is 8.05. The average Bonchev–Trinajstić information content (AvgIpc) is 2.70. The van der Waals surface area contributed by atoms with Gasteiger partial charge in [0.1, 0.15) is 5.82 Å². The van der Waals surface area contributed by atoms with Crippen molar-refractivity contribution >= 4 is 37.1 Å². The number of aromatic nitrogens is 2. The van der Waals surface area contributed by atoms with Gasteiger partial charge < -0.3 is 0 Å². The second-order valence-electron chi connectivity index (χ2n) is 5.92. The van der Waals surface area contributed by atoms with Gasteiger partial charge in [0.05, 0.1) is 21.4 Å². The van der Waals surface area contributed by atoms with Gasteiger partial charge in [-0.15, -0.1) is 10.2 Å². The zero-order chi connectivity index (χ0) is 21.2. The Morgan fingerprint density at radius 1 is 0.966 bits per heavy atom. The van der Waals surface area contributed by atoms with Crippen LogP contribution in [-0.2, 0) is 19.9 Å². The van der Waals surface area contributed by atoms with Crippen LogP contribution in [0, 0.1) is 5.82 Å². The van der Waals surface area contributed by atoms with Crippen LogP contribution in [0.2, 0.25) is 5.02 Å². The summed E-state index contributed by atoms with van der Waals surface area (Å²) in [5.74, 6) is -0.788. The molecule has 0 aliphatic heterocycles. The maximum absolute atomic E-state index is 13.2. The van der Waals surface area contributed by atoms with E-state index in [9.17, 15) is 21.2 Å². The first kappa shape index (κ1) is 21.2.